The molecule has 0 aromatic heterocycles. The van der Waals surface area contributed by atoms with Gasteiger partial charge in [0, 0.05) is 5.88 Å². The van der Waals surface area contributed by atoms with E-state index in [1.54, 1.807) is 12.1 Å². The molecule has 0 unspecified atom stereocenters. The Morgan fingerprint density at radius 1 is 1.43 bits per heavy atom. The van der Waals surface area contributed by atoms with Crippen LogP contribution in [0.2, 0.25) is 0 Å². The van der Waals surface area contributed by atoms with E-state index >= 15 is 0 Å². The lowest BCUT2D eigenvalue weighted by Crippen LogP contribution is -2.21. The minimum Gasteiger partial charge on any atom is -0.388 e. The highest BCUT2D eigenvalue weighted by Gasteiger charge is 2.23. The van der Waals surface area contributed by atoms with E-state index in [1.165, 1.54) is 6.92 Å². The molecule has 1 aromatic carbocycles. The molecule has 1 N–H and O–H groups in total. The van der Waals surface area contributed by atoms with Crippen LogP contribution < -0.4 is 0 Å². The number of aliphatic hydroxyl groups excluding tert-OH is 1. The van der Waals surface area contributed by atoms with Gasteiger partial charge in [-0.25, -0.2) is 0 Å². The van der Waals surface area contributed by atoms with Gasteiger partial charge in [-0.05, 0) is 12.5 Å². The van der Waals surface area contributed by atoms with Crippen LogP contribution in [0.4, 0.5) is 0 Å². The molecule has 14 heavy (non-hydrogen) atoms. The quantitative estimate of drug-likeness (QED) is 0.777. The summed E-state index contributed by atoms with van der Waals surface area (Å²) < 4.78 is 0. The fourth-order valence-electron chi connectivity index (χ4n) is 1.30. The number of halogens is 1. The topological polar surface area (TPSA) is 37.3 Å². The Bertz CT molecular complexity index is 297. The Kier molecular flexibility index (Phi) is 4.11. The number of carbonyl (C=O) groups is 1. The van der Waals surface area contributed by atoms with Crippen LogP contribution >= 0.6 is 11.6 Å². The number of hydrogen-bond acceptors (Lipinski definition) is 2. The fourth-order valence-corrected chi connectivity index (χ4v) is 1.68. The van der Waals surface area contributed by atoms with Crippen molar-refractivity contribution in [1.29, 1.82) is 0 Å². The fraction of sp³-hybridized carbons (Fsp3) is 0.364. The van der Waals surface area contributed by atoms with E-state index < -0.39 is 12.0 Å². The van der Waals surface area contributed by atoms with Crippen LogP contribution in [0.15, 0.2) is 30.3 Å². The molecule has 2 nitrogen and oxygen atoms in total. The largest absolute Gasteiger partial charge is 0.388 e. The molecule has 0 radical (unpaired) electrons. The second kappa shape index (κ2) is 5.13. The van der Waals surface area contributed by atoms with Crippen molar-refractivity contribution in [2.24, 2.45) is 5.92 Å². The molecule has 0 saturated heterocycles. The van der Waals surface area contributed by atoms with E-state index in [-0.39, 0.29) is 11.7 Å². The Hall–Kier alpha value is -0.860. The minimum atomic E-state index is -0.800. The Morgan fingerprint density at radius 3 is 2.43 bits per heavy atom. The first-order valence-electron chi connectivity index (χ1n) is 4.46. The molecule has 0 heterocycles. The van der Waals surface area contributed by atoms with Crippen molar-refractivity contribution in [3.63, 3.8) is 0 Å². The number of ketones is 1. The standard InChI is InChI=1S/C11H13ClO2/c1-8(13)10(7-12)11(14)9-5-3-2-4-6-9/h2-6,10-11,14H,7H2,1H3/t10-,11-/m1/s1. The zero-order chi connectivity index (χ0) is 10.6. The molecule has 0 bridgehead atoms. The van der Waals surface area contributed by atoms with E-state index in [0.29, 0.717) is 0 Å². The number of aliphatic hydroxyl groups is 1. The van der Waals surface area contributed by atoms with E-state index in [2.05, 4.69) is 0 Å². The molecular weight excluding hydrogens is 200 g/mol. The molecule has 0 aliphatic rings. The van der Waals surface area contributed by atoms with E-state index in [4.69, 9.17) is 11.6 Å². The normalized spacial score (nSPS) is 14.8. The maximum Gasteiger partial charge on any atom is 0.137 e. The van der Waals surface area contributed by atoms with E-state index in [0.717, 1.165) is 5.56 Å². The Labute approximate surface area is 88.5 Å². The summed E-state index contributed by atoms with van der Waals surface area (Å²) in [5.74, 6) is -0.457. The second-order valence-corrected chi connectivity index (χ2v) is 3.54. The summed E-state index contributed by atoms with van der Waals surface area (Å²) in [5.41, 5.74) is 0.730. The van der Waals surface area contributed by atoms with Gasteiger partial charge in [0.15, 0.2) is 0 Å². The van der Waals surface area contributed by atoms with Crippen molar-refractivity contribution >= 4 is 17.4 Å². The highest BCUT2D eigenvalue weighted by molar-refractivity contribution is 6.19. The van der Waals surface area contributed by atoms with Crippen LogP contribution in [0.5, 0.6) is 0 Å². The minimum absolute atomic E-state index is 0.0867. The van der Waals surface area contributed by atoms with Crippen molar-refractivity contribution in [2.75, 3.05) is 5.88 Å². The van der Waals surface area contributed by atoms with Crippen LogP contribution in [0, 0.1) is 5.92 Å². The Morgan fingerprint density at radius 2 is 2.00 bits per heavy atom. The lowest BCUT2D eigenvalue weighted by Gasteiger charge is -2.18. The first-order chi connectivity index (χ1) is 6.66. The molecule has 76 valence electrons. The maximum absolute atomic E-state index is 11.1. The van der Waals surface area contributed by atoms with Gasteiger partial charge in [-0.15, -0.1) is 11.6 Å². The summed E-state index contributed by atoms with van der Waals surface area (Å²) >= 11 is 5.63. The second-order valence-electron chi connectivity index (χ2n) is 3.23. The third-order valence-corrected chi connectivity index (χ3v) is 2.54. The number of Topliss-reactive ketones (excluding diaryl/α,β-unsaturated/α-hetero) is 1. The van der Waals surface area contributed by atoms with Gasteiger partial charge in [0.1, 0.15) is 5.78 Å². The Balaban J connectivity index is 2.83. The highest BCUT2D eigenvalue weighted by atomic mass is 35.5. The van der Waals surface area contributed by atoms with Gasteiger partial charge in [0.25, 0.3) is 0 Å². The average molecular weight is 213 g/mol. The predicted molar refractivity (Wildman–Crippen MR) is 56.3 cm³/mol. The first kappa shape index (κ1) is 11.2. The van der Waals surface area contributed by atoms with E-state index in [1.807, 2.05) is 18.2 Å². The van der Waals surface area contributed by atoms with E-state index in [9.17, 15) is 9.90 Å². The van der Waals surface area contributed by atoms with Crippen LogP contribution in [0.3, 0.4) is 0 Å². The summed E-state index contributed by atoms with van der Waals surface area (Å²) in [6.45, 7) is 1.44. The molecule has 0 fully saturated rings. The van der Waals surface area contributed by atoms with Crippen molar-refractivity contribution in [1.82, 2.24) is 0 Å². The van der Waals surface area contributed by atoms with Crippen molar-refractivity contribution in [3.05, 3.63) is 35.9 Å². The molecule has 2 atom stereocenters. The summed E-state index contributed by atoms with van der Waals surface area (Å²) in [7, 11) is 0. The van der Waals surface area contributed by atoms with Gasteiger partial charge in [0.05, 0.1) is 12.0 Å². The molecular formula is C11H13ClO2. The zero-order valence-electron chi connectivity index (χ0n) is 7.98. The van der Waals surface area contributed by atoms with Crippen LogP contribution in [0.25, 0.3) is 0 Å². The molecule has 1 rings (SSSR count). The summed E-state index contributed by atoms with van der Waals surface area (Å²) in [5, 5.41) is 9.85. The maximum atomic E-state index is 11.1. The van der Waals surface area contributed by atoms with Gasteiger partial charge in [-0.3, -0.25) is 4.79 Å². The molecule has 1 aromatic rings. The molecule has 0 aliphatic carbocycles. The molecule has 0 spiro atoms. The SMILES string of the molecule is CC(=O)[C@@H](CCl)[C@H](O)c1ccccc1. The van der Waals surface area contributed by atoms with Crippen LogP contribution in [-0.4, -0.2) is 16.8 Å². The number of hydrogen-bond donors (Lipinski definition) is 1. The summed E-state index contributed by atoms with van der Waals surface area (Å²) in [4.78, 5) is 11.1. The molecule has 0 saturated carbocycles. The van der Waals surface area contributed by atoms with Gasteiger partial charge in [-0.1, -0.05) is 30.3 Å². The number of alkyl halides is 1. The third kappa shape index (κ3) is 2.56. The molecule has 3 heteroatoms. The monoisotopic (exact) mass is 212 g/mol. The lowest BCUT2D eigenvalue weighted by molar-refractivity contribution is -0.123. The third-order valence-electron chi connectivity index (χ3n) is 2.21. The summed E-state index contributed by atoms with van der Waals surface area (Å²) in [6, 6.07) is 9.08. The molecule has 0 amide bonds. The van der Waals surface area contributed by atoms with Crippen molar-refractivity contribution in [2.45, 2.75) is 13.0 Å². The van der Waals surface area contributed by atoms with Gasteiger partial charge in [-0.2, -0.15) is 0 Å². The number of benzene rings is 1. The van der Waals surface area contributed by atoms with Crippen LogP contribution in [0.1, 0.15) is 18.6 Å². The first-order valence-corrected chi connectivity index (χ1v) is 4.99. The molecule has 0 aliphatic heterocycles. The van der Waals surface area contributed by atoms with Gasteiger partial charge >= 0.3 is 0 Å². The number of rotatable bonds is 4. The average Bonchev–Trinajstić information content (AvgIpc) is 2.19. The van der Waals surface area contributed by atoms with Crippen molar-refractivity contribution in [3.8, 4) is 0 Å². The highest BCUT2D eigenvalue weighted by Crippen LogP contribution is 2.23. The zero-order valence-corrected chi connectivity index (χ0v) is 8.74. The summed E-state index contributed by atoms with van der Waals surface area (Å²) in [6.07, 6.45) is -0.800. The van der Waals surface area contributed by atoms with Crippen LogP contribution in [-0.2, 0) is 4.79 Å². The van der Waals surface area contributed by atoms with Gasteiger partial charge in [0.2, 0.25) is 0 Å². The van der Waals surface area contributed by atoms with Crippen molar-refractivity contribution < 1.29 is 9.90 Å². The lowest BCUT2D eigenvalue weighted by atomic mass is 9.94. The predicted octanol–water partition coefficient (Wildman–Crippen LogP) is 2.16. The number of carbonyl (C=O) groups excluding carboxylic acids is 1. The smallest absolute Gasteiger partial charge is 0.137 e. The van der Waals surface area contributed by atoms with Gasteiger partial charge < -0.3 is 5.11 Å².